The number of rotatable bonds is 7. The lowest BCUT2D eigenvalue weighted by Gasteiger charge is -2.10. The zero-order chi connectivity index (χ0) is 19.2. The third kappa shape index (κ3) is 5.21. The van der Waals surface area contributed by atoms with Gasteiger partial charge in [0.05, 0.1) is 18.6 Å². The van der Waals surface area contributed by atoms with Crippen molar-refractivity contribution in [2.24, 2.45) is 0 Å². The fraction of sp³-hybridized carbons (Fsp3) is 0.211. The molecule has 27 heavy (non-hydrogen) atoms. The molecule has 1 amide bonds. The summed E-state index contributed by atoms with van der Waals surface area (Å²) >= 11 is 2.77. The largest absolute Gasteiger partial charge is 0.495 e. The van der Waals surface area contributed by atoms with Gasteiger partial charge in [-0.05, 0) is 43.2 Å². The zero-order valence-corrected chi connectivity index (χ0v) is 16.9. The molecule has 2 aromatic carbocycles. The van der Waals surface area contributed by atoms with Gasteiger partial charge in [-0.1, -0.05) is 47.4 Å². The standard InChI is InChI=1S/C19H20N4O2S2/c1-12-8-9-16(25-3)15(10-12)20-17(24)11-26-19-23-22-18(27-19)21-14-7-5-4-6-13(14)2/h4-10H,11H2,1-3H3,(H,20,24)(H,21,22). The van der Waals surface area contributed by atoms with Crippen molar-refractivity contribution in [2.45, 2.75) is 18.2 Å². The minimum absolute atomic E-state index is 0.118. The maximum absolute atomic E-state index is 12.3. The van der Waals surface area contributed by atoms with Crippen LogP contribution < -0.4 is 15.4 Å². The van der Waals surface area contributed by atoms with Gasteiger partial charge in [0.2, 0.25) is 11.0 Å². The lowest BCUT2D eigenvalue weighted by atomic mass is 10.2. The molecular formula is C19H20N4O2S2. The molecule has 0 spiro atoms. The van der Waals surface area contributed by atoms with E-state index in [1.165, 1.54) is 23.1 Å². The lowest BCUT2D eigenvalue weighted by Crippen LogP contribution is -2.14. The molecule has 0 saturated carbocycles. The van der Waals surface area contributed by atoms with Gasteiger partial charge in [0.15, 0.2) is 4.34 Å². The van der Waals surface area contributed by atoms with Crippen LogP contribution in [0.5, 0.6) is 5.75 Å². The van der Waals surface area contributed by atoms with E-state index in [9.17, 15) is 4.79 Å². The van der Waals surface area contributed by atoms with E-state index in [0.717, 1.165) is 21.2 Å². The molecule has 0 aliphatic carbocycles. The zero-order valence-electron chi connectivity index (χ0n) is 15.3. The van der Waals surface area contributed by atoms with Crippen LogP contribution in [0.1, 0.15) is 11.1 Å². The van der Waals surface area contributed by atoms with Crippen LogP contribution >= 0.6 is 23.1 Å². The fourth-order valence-electron chi connectivity index (χ4n) is 2.38. The monoisotopic (exact) mass is 400 g/mol. The second kappa shape index (κ2) is 8.88. The molecule has 2 N–H and O–H groups in total. The Morgan fingerprint density at radius 2 is 1.96 bits per heavy atom. The summed E-state index contributed by atoms with van der Waals surface area (Å²) in [6, 6.07) is 13.6. The molecule has 6 nitrogen and oxygen atoms in total. The maximum atomic E-state index is 12.3. The van der Waals surface area contributed by atoms with Crippen molar-refractivity contribution in [3.05, 3.63) is 53.6 Å². The van der Waals surface area contributed by atoms with Crippen molar-refractivity contribution in [2.75, 3.05) is 23.5 Å². The number of nitrogens with zero attached hydrogens (tertiary/aromatic N) is 2. The Hall–Kier alpha value is -2.58. The van der Waals surface area contributed by atoms with Crippen molar-refractivity contribution in [3.63, 3.8) is 0 Å². The van der Waals surface area contributed by atoms with Gasteiger partial charge in [-0.3, -0.25) is 4.79 Å². The second-order valence-electron chi connectivity index (χ2n) is 5.85. The summed E-state index contributed by atoms with van der Waals surface area (Å²) < 4.78 is 6.02. The molecule has 0 unspecified atom stereocenters. The third-order valence-corrected chi connectivity index (χ3v) is 5.72. The second-order valence-corrected chi connectivity index (χ2v) is 8.05. The Balaban J connectivity index is 1.56. The van der Waals surface area contributed by atoms with Crippen LogP contribution in [0.3, 0.4) is 0 Å². The molecule has 1 heterocycles. The average molecular weight is 401 g/mol. The van der Waals surface area contributed by atoms with Crippen LogP contribution in [-0.2, 0) is 4.79 Å². The third-order valence-electron chi connectivity index (χ3n) is 3.75. The number of nitrogens with one attached hydrogen (secondary N) is 2. The quantitative estimate of drug-likeness (QED) is 0.563. The minimum Gasteiger partial charge on any atom is -0.495 e. The fourth-order valence-corrected chi connectivity index (χ4v) is 3.94. The molecule has 3 rings (SSSR count). The van der Waals surface area contributed by atoms with Crippen LogP contribution in [0, 0.1) is 13.8 Å². The summed E-state index contributed by atoms with van der Waals surface area (Å²) in [6.07, 6.45) is 0. The van der Waals surface area contributed by atoms with Crippen molar-refractivity contribution >= 4 is 45.5 Å². The highest BCUT2D eigenvalue weighted by Crippen LogP contribution is 2.29. The Labute approximate surface area is 166 Å². The highest BCUT2D eigenvalue weighted by atomic mass is 32.2. The van der Waals surface area contributed by atoms with Gasteiger partial charge in [-0.25, -0.2) is 0 Å². The van der Waals surface area contributed by atoms with E-state index in [-0.39, 0.29) is 11.7 Å². The first-order chi connectivity index (χ1) is 13.0. The normalized spacial score (nSPS) is 10.5. The molecule has 0 saturated heterocycles. The Morgan fingerprint density at radius 3 is 2.74 bits per heavy atom. The molecule has 0 bridgehead atoms. The van der Waals surface area contributed by atoms with Crippen molar-refractivity contribution < 1.29 is 9.53 Å². The number of hydrogen-bond acceptors (Lipinski definition) is 7. The van der Waals surface area contributed by atoms with Crippen molar-refractivity contribution in [1.29, 1.82) is 0 Å². The number of carbonyl (C=O) groups is 1. The van der Waals surface area contributed by atoms with Gasteiger partial charge in [0, 0.05) is 5.69 Å². The van der Waals surface area contributed by atoms with E-state index in [4.69, 9.17) is 4.74 Å². The van der Waals surface area contributed by atoms with Crippen LogP contribution in [0.2, 0.25) is 0 Å². The van der Waals surface area contributed by atoms with E-state index >= 15 is 0 Å². The topological polar surface area (TPSA) is 76.1 Å². The van der Waals surface area contributed by atoms with Gasteiger partial charge in [0.25, 0.3) is 0 Å². The number of thioether (sulfide) groups is 1. The average Bonchev–Trinajstić information content (AvgIpc) is 3.10. The summed E-state index contributed by atoms with van der Waals surface area (Å²) in [5.74, 6) is 0.767. The Bertz CT molecular complexity index is 943. The molecule has 0 aliphatic rings. The van der Waals surface area contributed by atoms with Gasteiger partial charge < -0.3 is 15.4 Å². The molecule has 0 radical (unpaired) electrons. The Morgan fingerprint density at radius 1 is 1.15 bits per heavy atom. The number of ether oxygens (including phenoxy) is 1. The van der Waals surface area contributed by atoms with Gasteiger partial charge in [-0.2, -0.15) is 0 Å². The molecule has 0 fully saturated rings. The number of amides is 1. The smallest absolute Gasteiger partial charge is 0.234 e. The van der Waals surface area contributed by atoms with Crippen molar-refractivity contribution in [1.82, 2.24) is 10.2 Å². The van der Waals surface area contributed by atoms with E-state index in [0.29, 0.717) is 16.6 Å². The summed E-state index contributed by atoms with van der Waals surface area (Å²) in [5, 5.41) is 15.1. The maximum Gasteiger partial charge on any atom is 0.234 e. The SMILES string of the molecule is COc1ccc(C)cc1NC(=O)CSc1nnc(Nc2ccccc2C)s1. The predicted molar refractivity (Wildman–Crippen MR) is 111 cm³/mol. The predicted octanol–water partition coefficient (Wildman–Crippen LogP) is 4.64. The summed E-state index contributed by atoms with van der Waals surface area (Å²) in [5.41, 5.74) is 3.85. The number of anilines is 3. The molecule has 8 heteroatoms. The number of aromatic nitrogens is 2. The first-order valence-electron chi connectivity index (χ1n) is 8.28. The first kappa shape index (κ1) is 19.2. The molecule has 140 valence electrons. The van der Waals surface area contributed by atoms with Gasteiger partial charge >= 0.3 is 0 Å². The number of benzene rings is 2. The first-order valence-corrected chi connectivity index (χ1v) is 10.1. The summed E-state index contributed by atoms with van der Waals surface area (Å²) in [6.45, 7) is 4.00. The number of carbonyl (C=O) groups excluding carboxylic acids is 1. The van der Waals surface area contributed by atoms with Crippen LogP contribution in [0.4, 0.5) is 16.5 Å². The number of aryl methyl sites for hydroxylation is 2. The highest BCUT2D eigenvalue weighted by Gasteiger charge is 2.11. The number of para-hydroxylation sites is 1. The van der Waals surface area contributed by atoms with Crippen LogP contribution in [-0.4, -0.2) is 29.0 Å². The van der Waals surface area contributed by atoms with Crippen LogP contribution in [0.25, 0.3) is 0 Å². The van der Waals surface area contributed by atoms with E-state index in [1.807, 2.05) is 56.3 Å². The summed E-state index contributed by atoms with van der Waals surface area (Å²) in [7, 11) is 1.58. The molecule has 3 aromatic rings. The minimum atomic E-state index is -0.118. The highest BCUT2D eigenvalue weighted by molar-refractivity contribution is 8.01. The van der Waals surface area contributed by atoms with Crippen molar-refractivity contribution in [3.8, 4) is 5.75 Å². The summed E-state index contributed by atoms with van der Waals surface area (Å²) in [4.78, 5) is 12.3. The van der Waals surface area contributed by atoms with E-state index < -0.39 is 0 Å². The molecule has 1 aromatic heterocycles. The molecular weight excluding hydrogens is 380 g/mol. The molecule has 0 atom stereocenters. The number of methoxy groups -OCH3 is 1. The lowest BCUT2D eigenvalue weighted by molar-refractivity contribution is -0.113. The van der Waals surface area contributed by atoms with Gasteiger partial charge in [-0.15, -0.1) is 10.2 Å². The number of hydrogen-bond donors (Lipinski definition) is 2. The van der Waals surface area contributed by atoms with E-state index in [1.54, 1.807) is 7.11 Å². The van der Waals surface area contributed by atoms with E-state index in [2.05, 4.69) is 20.8 Å². The Kier molecular flexibility index (Phi) is 6.31. The van der Waals surface area contributed by atoms with Gasteiger partial charge in [0.1, 0.15) is 5.75 Å². The van der Waals surface area contributed by atoms with Crippen LogP contribution in [0.15, 0.2) is 46.8 Å². The molecule has 0 aliphatic heterocycles.